The lowest BCUT2D eigenvalue weighted by Crippen LogP contribution is -2.41. The number of hydrogen-bond acceptors (Lipinski definition) is 3. The highest BCUT2D eigenvalue weighted by molar-refractivity contribution is 5.79. The number of ether oxygens (including phenoxy) is 1. The van der Waals surface area contributed by atoms with Gasteiger partial charge in [-0.2, -0.15) is 5.10 Å². The molecule has 2 rings (SSSR count). The van der Waals surface area contributed by atoms with E-state index in [4.69, 9.17) is 4.74 Å². The second-order valence-corrected chi connectivity index (χ2v) is 5.30. The average molecular weight is 279 g/mol. The van der Waals surface area contributed by atoms with Crippen molar-refractivity contribution in [2.24, 2.45) is 10.9 Å². The Morgan fingerprint density at radius 1 is 1.65 bits per heavy atom. The topological polar surface area (TPSA) is 65.5 Å². The van der Waals surface area contributed by atoms with Gasteiger partial charge in [-0.05, 0) is 20.3 Å². The number of aliphatic imine (C=N–C) groups is 1. The van der Waals surface area contributed by atoms with Gasteiger partial charge in [0, 0.05) is 43.9 Å². The van der Waals surface area contributed by atoms with E-state index in [-0.39, 0.29) is 0 Å². The summed E-state index contributed by atoms with van der Waals surface area (Å²) in [7, 11) is 2.09. The Bertz CT molecular complexity index is 437. The Kier molecular flexibility index (Phi) is 5.40. The van der Waals surface area contributed by atoms with Crippen molar-refractivity contribution >= 4 is 5.96 Å². The molecule has 0 aromatic carbocycles. The third-order valence-electron chi connectivity index (χ3n) is 3.59. The first-order valence-electron chi connectivity index (χ1n) is 7.26. The first-order chi connectivity index (χ1) is 9.70. The highest BCUT2D eigenvalue weighted by Gasteiger charge is 2.19. The highest BCUT2D eigenvalue weighted by atomic mass is 16.5. The lowest BCUT2D eigenvalue weighted by molar-refractivity contribution is 0.181. The summed E-state index contributed by atoms with van der Waals surface area (Å²) in [5, 5.41) is 10.3. The lowest BCUT2D eigenvalue weighted by Gasteiger charge is -2.24. The Morgan fingerprint density at radius 3 is 3.10 bits per heavy atom. The van der Waals surface area contributed by atoms with Crippen LogP contribution in [0.2, 0.25) is 0 Å². The average Bonchev–Trinajstić information content (AvgIpc) is 3.06. The SMILES string of the molecule is CCNC(=NCc1cn[nH]c1C)N(C)CC1CCOC1. The van der Waals surface area contributed by atoms with Crippen molar-refractivity contribution < 1.29 is 4.74 Å². The summed E-state index contributed by atoms with van der Waals surface area (Å²) in [6.45, 7) is 8.36. The number of hydrogen-bond donors (Lipinski definition) is 2. The van der Waals surface area contributed by atoms with Gasteiger partial charge in [0.1, 0.15) is 0 Å². The number of aromatic amines is 1. The van der Waals surface area contributed by atoms with E-state index in [2.05, 4.69) is 39.4 Å². The van der Waals surface area contributed by atoms with Gasteiger partial charge in [-0.3, -0.25) is 5.10 Å². The van der Waals surface area contributed by atoms with Crippen LogP contribution in [0.15, 0.2) is 11.2 Å². The van der Waals surface area contributed by atoms with E-state index in [0.717, 1.165) is 49.9 Å². The van der Waals surface area contributed by atoms with Crippen molar-refractivity contribution in [1.29, 1.82) is 0 Å². The summed E-state index contributed by atoms with van der Waals surface area (Å²) in [4.78, 5) is 6.88. The van der Waals surface area contributed by atoms with Crippen molar-refractivity contribution in [2.45, 2.75) is 26.8 Å². The summed E-state index contributed by atoms with van der Waals surface area (Å²) in [6.07, 6.45) is 2.98. The van der Waals surface area contributed by atoms with Crippen LogP contribution in [0.3, 0.4) is 0 Å². The molecule has 2 heterocycles. The van der Waals surface area contributed by atoms with E-state index >= 15 is 0 Å². The van der Waals surface area contributed by atoms with Gasteiger partial charge in [-0.15, -0.1) is 0 Å². The maximum atomic E-state index is 5.43. The Hall–Kier alpha value is -1.56. The molecule has 6 heteroatoms. The quantitative estimate of drug-likeness (QED) is 0.627. The minimum Gasteiger partial charge on any atom is -0.381 e. The van der Waals surface area contributed by atoms with Gasteiger partial charge in [0.2, 0.25) is 0 Å². The molecule has 0 spiro atoms. The summed E-state index contributed by atoms with van der Waals surface area (Å²) in [5.74, 6) is 1.56. The summed E-state index contributed by atoms with van der Waals surface area (Å²) < 4.78 is 5.43. The fourth-order valence-electron chi connectivity index (χ4n) is 2.37. The molecule has 1 unspecified atom stereocenters. The largest absolute Gasteiger partial charge is 0.381 e. The van der Waals surface area contributed by atoms with Gasteiger partial charge >= 0.3 is 0 Å². The van der Waals surface area contributed by atoms with Crippen LogP contribution < -0.4 is 5.32 Å². The van der Waals surface area contributed by atoms with Crippen LogP contribution in [0.25, 0.3) is 0 Å². The number of rotatable bonds is 5. The highest BCUT2D eigenvalue weighted by Crippen LogP contribution is 2.13. The Labute approximate surface area is 120 Å². The molecular formula is C14H25N5O. The smallest absolute Gasteiger partial charge is 0.193 e. The molecule has 0 saturated carbocycles. The molecule has 112 valence electrons. The molecule has 0 bridgehead atoms. The minimum absolute atomic E-state index is 0.611. The molecule has 2 N–H and O–H groups in total. The molecule has 0 amide bonds. The summed E-state index contributed by atoms with van der Waals surface area (Å²) >= 11 is 0. The Balaban J connectivity index is 1.95. The summed E-state index contributed by atoms with van der Waals surface area (Å²) in [5.41, 5.74) is 2.22. The number of nitrogens with zero attached hydrogens (tertiary/aromatic N) is 3. The predicted octanol–water partition coefficient (Wildman–Crippen LogP) is 1.15. The predicted molar refractivity (Wildman–Crippen MR) is 79.7 cm³/mol. The zero-order valence-corrected chi connectivity index (χ0v) is 12.6. The van der Waals surface area contributed by atoms with Gasteiger partial charge < -0.3 is 15.0 Å². The third kappa shape index (κ3) is 3.96. The van der Waals surface area contributed by atoms with Crippen LogP contribution in [0.1, 0.15) is 24.6 Å². The van der Waals surface area contributed by atoms with Crippen LogP contribution >= 0.6 is 0 Å². The van der Waals surface area contributed by atoms with Crippen LogP contribution in [0.5, 0.6) is 0 Å². The van der Waals surface area contributed by atoms with E-state index in [1.807, 2.05) is 13.1 Å². The summed E-state index contributed by atoms with van der Waals surface area (Å²) in [6, 6.07) is 0. The standard InChI is InChI=1S/C14H25N5O/c1-4-15-14(16-7-13-8-17-18-11(13)2)19(3)9-12-5-6-20-10-12/h8,12H,4-7,9-10H2,1-3H3,(H,15,16)(H,17,18). The van der Waals surface area contributed by atoms with Gasteiger partial charge in [-0.1, -0.05) is 0 Å². The van der Waals surface area contributed by atoms with E-state index in [9.17, 15) is 0 Å². The zero-order chi connectivity index (χ0) is 14.4. The van der Waals surface area contributed by atoms with Crippen LogP contribution in [-0.2, 0) is 11.3 Å². The molecule has 0 radical (unpaired) electrons. The van der Waals surface area contributed by atoms with Crippen molar-refractivity contribution in [3.8, 4) is 0 Å². The van der Waals surface area contributed by atoms with E-state index < -0.39 is 0 Å². The van der Waals surface area contributed by atoms with Gasteiger partial charge in [0.25, 0.3) is 0 Å². The maximum Gasteiger partial charge on any atom is 0.193 e. The molecule has 1 atom stereocenters. The van der Waals surface area contributed by atoms with Gasteiger partial charge in [0.15, 0.2) is 5.96 Å². The molecule has 1 saturated heterocycles. The third-order valence-corrected chi connectivity index (χ3v) is 3.59. The second-order valence-electron chi connectivity index (χ2n) is 5.30. The fraction of sp³-hybridized carbons (Fsp3) is 0.714. The number of H-pyrrole nitrogens is 1. The van der Waals surface area contributed by atoms with Crippen molar-refractivity contribution in [1.82, 2.24) is 20.4 Å². The monoisotopic (exact) mass is 279 g/mol. The molecule has 1 aromatic rings. The fourth-order valence-corrected chi connectivity index (χ4v) is 2.37. The van der Waals surface area contributed by atoms with Crippen LogP contribution in [0.4, 0.5) is 0 Å². The molecule has 1 aliphatic rings. The second kappa shape index (κ2) is 7.28. The molecule has 0 aliphatic carbocycles. The Morgan fingerprint density at radius 2 is 2.50 bits per heavy atom. The number of guanidine groups is 1. The first kappa shape index (κ1) is 14.8. The molecular weight excluding hydrogens is 254 g/mol. The molecule has 20 heavy (non-hydrogen) atoms. The molecule has 1 fully saturated rings. The molecule has 6 nitrogen and oxygen atoms in total. The molecule has 1 aromatic heterocycles. The number of nitrogens with one attached hydrogen (secondary N) is 2. The van der Waals surface area contributed by atoms with Gasteiger partial charge in [0.05, 0.1) is 19.3 Å². The van der Waals surface area contributed by atoms with Gasteiger partial charge in [-0.25, -0.2) is 4.99 Å². The minimum atomic E-state index is 0.611. The number of aromatic nitrogens is 2. The van der Waals surface area contributed by atoms with Crippen molar-refractivity contribution in [3.05, 3.63) is 17.5 Å². The van der Waals surface area contributed by atoms with E-state index in [0.29, 0.717) is 12.5 Å². The number of aryl methyl sites for hydroxylation is 1. The van der Waals surface area contributed by atoms with E-state index in [1.54, 1.807) is 0 Å². The van der Waals surface area contributed by atoms with Crippen molar-refractivity contribution in [3.63, 3.8) is 0 Å². The first-order valence-corrected chi connectivity index (χ1v) is 7.26. The lowest BCUT2D eigenvalue weighted by atomic mass is 10.1. The maximum absolute atomic E-state index is 5.43. The van der Waals surface area contributed by atoms with Crippen molar-refractivity contribution in [2.75, 3.05) is 33.4 Å². The van der Waals surface area contributed by atoms with Crippen LogP contribution in [-0.4, -0.2) is 54.4 Å². The zero-order valence-electron chi connectivity index (χ0n) is 12.6. The molecule has 1 aliphatic heterocycles. The normalized spacial score (nSPS) is 19.4. The van der Waals surface area contributed by atoms with E-state index in [1.165, 1.54) is 0 Å². The van der Waals surface area contributed by atoms with Crippen LogP contribution in [0, 0.1) is 12.8 Å².